The standard InChI is InChI=1S/C23H40O/c1-3-5-6-7-8-9-20-10-14-22(15-11-20)23-16-12-21(13-17-23)19-24-18-4-2/h4,8-9,20-23H,2-3,5-7,10-19H2,1H3. The van der Waals surface area contributed by atoms with Gasteiger partial charge >= 0.3 is 0 Å². The van der Waals surface area contributed by atoms with Crippen molar-refractivity contribution < 1.29 is 4.74 Å². The molecule has 0 atom stereocenters. The summed E-state index contributed by atoms with van der Waals surface area (Å²) in [6.07, 6.45) is 23.8. The van der Waals surface area contributed by atoms with Gasteiger partial charge < -0.3 is 4.74 Å². The third-order valence-electron chi connectivity index (χ3n) is 6.35. The second-order valence-electron chi connectivity index (χ2n) is 8.21. The first-order valence-electron chi connectivity index (χ1n) is 10.7. The molecule has 0 N–H and O–H groups in total. The predicted molar refractivity (Wildman–Crippen MR) is 105 cm³/mol. The summed E-state index contributed by atoms with van der Waals surface area (Å²) in [5.74, 6) is 3.72. The minimum atomic E-state index is 0.718. The van der Waals surface area contributed by atoms with E-state index < -0.39 is 0 Å². The summed E-state index contributed by atoms with van der Waals surface area (Å²) < 4.78 is 5.65. The van der Waals surface area contributed by atoms with Gasteiger partial charge in [0.15, 0.2) is 0 Å². The Morgan fingerprint density at radius 2 is 1.58 bits per heavy atom. The number of ether oxygens (including phenoxy) is 1. The third-order valence-corrected chi connectivity index (χ3v) is 6.35. The summed E-state index contributed by atoms with van der Waals surface area (Å²) in [7, 11) is 0. The Labute approximate surface area is 150 Å². The van der Waals surface area contributed by atoms with Crippen LogP contribution >= 0.6 is 0 Å². The zero-order valence-corrected chi connectivity index (χ0v) is 16.1. The van der Waals surface area contributed by atoms with Crippen molar-refractivity contribution in [3.63, 3.8) is 0 Å². The maximum Gasteiger partial charge on any atom is 0.0644 e. The van der Waals surface area contributed by atoms with E-state index in [-0.39, 0.29) is 0 Å². The van der Waals surface area contributed by atoms with Gasteiger partial charge in [-0.1, -0.05) is 38.0 Å². The van der Waals surface area contributed by atoms with E-state index >= 15 is 0 Å². The summed E-state index contributed by atoms with van der Waals surface area (Å²) >= 11 is 0. The summed E-state index contributed by atoms with van der Waals surface area (Å²) in [5, 5.41) is 0. The lowest BCUT2D eigenvalue weighted by molar-refractivity contribution is 0.0800. The molecular formula is C23H40O. The highest BCUT2D eigenvalue weighted by Gasteiger charge is 2.30. The Kier molecular flexibility index (Phi) is 9.80. The molecule has 2 saturated carbocycles. The fourth-order valence-electron chi connectivity index (χ4n) is 4.75. The van der Waals surface area contributed by atoms with E-state index in [2.05, 4.69) is 25.7 Å². The summed E-state index contributed by atoms with van der Waals surface area (Å²) in [6, 6.07) is 0. The van der Waals surface area contributed by atoms with Gasteiger partial charge in [0.25, 0.3) is 0 Å². The summed E-state index contributed by atoms with van der Waals surface area (Å²) in [4.78, 5) is 0. The quantitative estimate of drug-likeness (QED) is 0.311. The minimum Gasteiger partial charge on any atom is -0.377 e. The molecule has 0 aromatic rings. The first kappa shape index (κ1) is 19.8. The van der Waals surface area contributed by atoms with Crippen molar-refractivity contribution in [2.45, 2.75) is 84.0 Å². The van der Waals surface area contributed by atoms with Crippen molar-refractivity contribution >= 4 is 0 Å². The van der Waals surface area contributed by atoms with Gasteiger partial charge in [0.1, 0.15) is 0 Å². The minimum absolute atomic E-state index is 0.718. The summed E-state index contributed by atoms with van der Waals surface area (Å²) in [5.41, 5.74) is 0. The van der Waals surface area contributed by atoms with Crippen LogP contribution in [0.25, 0.3) is 0 Å². The van der Waals surface area contributed by atoms with Crippen molar-refractivity contribution in [2.24, 2.45) is 23.7 Å². The van der Waals surface area contributed by atoms with Crippen LogP contribution in [0.15, 0.2) is 24.8 Å². The zero-order valence-electron chi connectivity index (χ0n) is 16.1. The van der Waals surface area contributed by atoms with Gasteiger partial charge in [0.05, 0.1) is 6.61 Å². The maximum atomic E-state index is 5.65. The Balaban J connectivity index is 1.58. The smallest absolute Gasteiger partial charge is 0.0644 e. The Bertz CT molecular complexity index is 343. The highest BCUT2D eigenvalue weighted by atomic mass is 16.5. The van der Waals surface area contributed by atoms with E-state index in [1.807, 2.05) is 6.08 Å². The SMILES string of the molecule is C=CCOCC1CCC(C2CCC(C=CCCCCC)CC2)CC1. The molecule has 0 amide bonds. The van der Waals surface area contributed by atoms with Crippen LogP contribution in [0.4, 0.5) is 0 Å². The normalized spacial score (nSPS) is 31.4. The van der Waals surface area contributed by atoms with E-state index in [4.69, 9.17) is 4.74 Å². The molecule has 0 aromatic carbocycles. The fraction of sp³-hybridized carbons (Fsp3) is 0.826. The van der Waals surface area contributed by atoms with Crippen LogP contribution in [0.2, 0.25) is 0 Å². The molecule has 0 spiro atoms. The van der Waals surface area contributed by atoms with Crippen LogP contribution in [0.3, 0.4) is 0 Å². The molecule has 0 aromatic heterocycles. The zero-order chi connectivity index (χ0) is 17.0. The number of hydrogen-bond donors (Lipinski definition) is 0. The van der Waals surface area contributed by atoms with E-state index in [1.165, 1.54) is 77.0 Å². The lowest BCUT2D eigenvalue weighted by atomic mass is 9.69. The molecule has 0 radical (unpaired) electrons. The Morgan fingerprint density at radius 1 is 0.917 bits per heavy atom. The first-order valence-corrected chi connectivity index (χ1v) is 10.7. The van der Waals surface area contributed by atoms with E-state index in [9.17, 15) is 0 Å². The second kappa shape index (κ2) is 11.9. The molecule has 2 rings (SSSR count). The number of allylic oxidation sites excluding steroid dienone is 2. The summed E-state index contributed by atoms with van der Waals surface area (Å²) in [6.45, 7) is 7.68. The topological polar surface area (TPSA) is 9.23 Å². The molecule has 2 aliphatic rings. The number of rotatable bonds is 10. The molecule has 24 heavy (non-hydrogen) atoms. The van der Waals surface area contributed by atoms with Gasteiger partial charge in [-0.05, 0) is 87.9 Å². The van der Waals surface area contributed by atoms with Gasteiger partial charge in [0.2, 0.25) is 0 Å². The lowest BCUT2D eigenvalue weighted by Crippen LogP contribution is -2.26. The van der Waals surface area contributed by atoms with Crippen molar-refractivity contribution in [1.29, 1.82) is 0 Å². The average Bonchev–Trinajstić information content (AvgIpc) is 2.63. The predicted octanol–water partition coefficient (Wildman–Crippen LogP) is 6.94. The highest BCUT2D eigenvalue weighted by molar-refractivity contribution is 4.92. The van der Waals surface area contributed by atoms with Crippen molar-refractivity contribution in [2.75, 3.05) is 13.2 Å². The molecule has 1 nitrogen and oxygen atoms in total. The van der Waals surface area contributed by atoms with Crippen LogP contribution in [-0.2, 0) is 4.74 Å². The van der Waals surface area contributed by atoms with Gasteiger partial charge in [0, 0.05) is 6.61 Å². The molecule has 2 aliphatic carbocycles. The monoisotopic (exact) mass is 332 g/mol. The average molecular weight is 333 g/mol. The Morgan fingerprint density at radius 3 is 2.21 bits per heavy atom. The van der Waals surface area contributed by atoms with E-state index in [0.717, 1.165) is 36.9 Å². The number of hydrogen-bond acceptors (Lipinski definition) is 1. The van der Waals surface area contributed by atoms with E-state index in [1.54, 1.807) is 0 Å². The molecule has 138 valence electrons. The van der Waals surface area contributed by atoms with Gasteiger partial charge in [-0.25, -0.2) is 0 Å². The van der Waals surface area contributed by atoms with Crippen LogP contribution in [-0.4, -0.2) is 13.2 Å². The number of unbranched alkanes of at least 4 members (excludes halogenated alkanes) is 3. The van der Waals surface area contributed by atoms with E-state index in [0.29, 0.717) is 0 Å². The van der Waals surface area contributed by atoms with Crippen molar-refractivity contribution in [1.82, 2.24) is 0 Å². The second-order valence-corrected chi connectivity index (χ2v) is 8.21. The molecule has 2 fully saturated rings. The van der Waals surface area contributed by atoms with Crippen LogP contribution < -0.4 is 0 Å². The van der Waals surface area contributed by atoms with Gasteiger partial charge in [-0.2, -0.15) is 0 Å². The van der Waals surface area contributed by atoms with Gasteiger partial charge in [-0.15, -0.1) is 6.58 Å². The maximum absolute atomic E-state index is 5.65. The van der Waals surface area contributed by atoms with Crippen LogP contribution in [0, 0.1) is 23.7 Å². The fourth-order valence-corrected chi connectivity index (χ4v) is 4.75. The van der Waals surface area contributed by atoms with Gasteiger partial charge in [-0.3, -0.25) is 0 Å². The Hall–Kier alpha value is -0.560. The van der Waals surface area contributed by atoms with Crippen molar-refractivity contribution in [3.05, 3.63) is 24.8 Å². The molecule has 0 bridgehead atoms. The molecule has 0 saturated heterocycles. The van der Waals surface area contributed by atoms with Crippen molar-refractivity contribution in [3.8, 4) is 0 Å². The molecular weight excluding hydrogens is 292 g/mol. The van der Waals surface area contributed by atoms with Crippen LogP contribution in [0.1, 0.15) is 84.0 Å². The van der Waals surface area contributed by atoms with Crippen LogP contribution in [0.5, 0.6) is 0 Å². The first-order chi connectivity index (χ1) is 11.8. The largest absolute Gasteiger partial charge is 0.377 e. The lowest BCUT2D eigenvalue weighted by Gasteiger charge is -2.37. The highest BCUT2D eigenvalue weighted by Crippen LogP contribution is 2.41. The molecule has 1 heteroatoms. The molecule has 0 unspecified atom stereocenters. The molecule has 0 heterocycles. The molecule has 0 aliphatic heterocycles. The third kappa shape index (κ3) is 7.13.